The molecule has 37 heavy (non-hydrogen) atoms. The summed E-state index contributed by atoms with van der Waals surface area (Å²) in [7, 11) is 0. The summed E-state index contributed by atoms with van der Waals surface area (Å²) in [5.41, 5.74) is 2.25. The number of ether oxygens (including phenoxy) is 2. The van der Waals surface area contributed by atoms with Crippen LogP contribution in [0.5, 0.6) is 11.5 Å². The summed E-state index contributed by atoms with van der Waals surface area (Å²) in [6.45, 7) is 8.13. The standard InChI is InChI=1S/C28H31ClN4O4/c1-18-5-4-6-21(13-18)33-17-30-26(31-33)24(34)19-7-9-28(2,3)16-32(10-8-19)27(35)20-14-22(29)25-23(15-20)36-11-12-37-25/h4-6,13-15,17,19H,7-12,16H2,1-3H3. The Bertz CT molecular complexity index is 1340. The Balaban J connectivity index is 1.34. The third-order valence-corrected chi connectivity index (χ3v) is 7.30. The molecule has 3 heterocycles. The summed E-state index contributed by atoms with van der Waals surface area (Å²) in [5.74, 6) is 0.673. The highest BCUT2D eigenvalue weighted by molar-refractivity contribution is 6.32. The van der Waals surface area contributed by atoms with E-state index in [0.717, 1.165) is 24.1 Å². The van der Waals surface area contributed by atoms with Gasteiger partial charge >= 0.3 is 0 Å². The van der Waals surface area contributed by atoms with Gasteiger partial charge in [-0.2, -0.15) is 0 Å². The van der Waals surface area contributed by atoms with E-state index in [1.807, 2.05) is 36.1 Å². The minimum Gasteiger partial charge on any atom is -0.486 e. The van der Waals surface area contributed by atoms with Crippen molar-refractivity contribution in [3.63, 3.8) is 0 Å². The van der Waals surface area contributed by atoms with E-state index in [4.69, 9.17) is 21.1 Å². The maximum Gasteiger partial charge on any atom is 0.254 e. The molecule has 2 aliphatic heterocycles. The monoisotopic (exact) mass is 522 g/mol. The largest absolute Gasteiger partial charge is 0.486 e. The van der Waals surface area contributed by atoms with Gasteiger partial charge in [0, 0.05) is 24.6 Å². The number of amides is 1. The van der Waals surface area contributed by atoms with Crippen LogP contribution in [0.2, 0.25) is 5.02 Å². The van der Waals surface area contributed by atoms with Gasteiger partial charge in [-0.15, -0.1) is 5.10 Å². The number of benzene rings is 2. The summed E-state index contributed by atoms with van der Waals surface area (Å²) in [6, 6.07) is 11.2. The van der Waals surface area contributed by atoms with Gasteiger partial charge < -0.3 is 14.4 Å². The lowest BCUT2D eigenvalue weighted by molar-refractivity contribution is 0.0591. The molecule has 8 nitrogen and oxygen atoms in total. The van der Waals surface area contributed by atoms with Crippen molar-refractivity contribution in [3.8, 4) is 17.2 Å². The summed E-state index contributed by atoms with van der Waals surface area (Å²) in [4.78, 5) is 33.2. The number of carbonyl (C=O) groups excluding carboxylic acids is 2. The van der Waals surface area contributed by atoms with Crippen molar-refractivity contribution in [2.75, 3.05) is 26.3 Å². The predicted octanol–water partition coefficient (Wildman–Crippen LogP) is 5.15. The van der Waals surface area contributed by atoms with Gasteiger partial charge in [-0.1, -0.05) is 37.6 Å². The molecule has 0 spiro atoms. The zero-order valence-electron chi connectivity index (χ0n) is 21.4. The topological polar surface area (TPSA) is 86.6 Å². The smallest absolute Gasteiger partial charge is 0.254 e. The maximum absolute atomic E-state index is 13.6. The highest BCUT2D eigenvalue weighted by atomic mass is 35.5. The van der Waals surface area contributed by atoms with Crippen LogP contribution in [0.4, 0.5) is 0 Å². The van der Waals surface area contributed by atoms with Crippen LogP contribution in [0.1, 0.15) is 59.7 Å². The van der Waals surface area contributed by atoms with E-state index in [-0.39, 0.29) is 28.8 Å². The third kappa shape index (κ3) is 5.49. The van der Waals surface area contributed by atoms with Crippen LogP contribution in [0.3, 0.4) is 0 Å². The minimum absolute atomic E-state index is 0.0844. The van der Waals surface area contributed by atoms with Gasteiger partial charge in [0.1, 0.15) is 19.5 Å². The molecule has 2 aromatic carbocycles. The molecule has 5 rings (SSSR count). The molecule has 0 bridgehead atoms. The first kappa shape index (κ1) is 25.3. The summed E-state index contributed by atoms with van der Waals surface area (Å²) >= 11 is 6.40. The number of ketones is 1. The Labute approximate surface area is 221 Å². The van der Waals surface area contributed by atoms with Gasteiger partial charge in [0.15, 0.2) is 11.5 Å². The minimum atomic E-state index is -0.271. The quantitative estimate of drug-likeness (QED) is 0.440. The van der Waals surface area contributed by atoms with Crippen LogP contribution in [0, 0.1) is 18.3 Å². The zero-order valence-corrected chi connectivity index (χ0v) is 22.1. The molecule has 194 valence electrons. The van der Waals surface area contributed by atoms with Crippen LogP contribution < -0.4 is 9.47 Å². The number of nitrogens with zero attached hydrogens (tertiary/aromatic N) is 4. The van der Waals surface area contributed by atoms with Gasteiger partial charge in [-0.05, 0) is 61.4 Å². The number of likely N-dealkylation sites (tertiary alicyclic amines) is 1. The molecule has 3 aromatic rings. The van der Waals surface area contributed by atoms with Crippen molar-refractivity contribution < 1.29 is 19.1 Å². The molecule has 1 fully saturated rings. The van der Waals surface area contributed by atoms with E-state index < -0.39 is 0 Å². The summed E-state index contributed by atoms with van der Waals surface area (Å²) in [6.07, 6.45) is 3.64. The van der Waals surface area contributed by atoms with Crippen molar-refractivity contribution in [3.05, 3.63) is 64.7 Å². The fourth-order valence-electron chi connectivity index (χ4n) is 5.00. The lowest BCUT2D eigenvalue weighted by Crippen LogP contribution is -2.42. The lowest BCUT2D eigenvalue weighted by Gasteiger charge is -2.37. The molecule has 0 N–H and O–H groups in total. The van der Waals surface area contributed by atoms with Crippen molar-refractivity contribution >= 4 is 23.3 Å². The van der Waals surface area contributed by atoms with Gasteiger partial charge in [0.25, 0.3) is 5.91 Å². The van der Waals surface area contributed by atoms with Crippen LogP contribution in [-0.2, 0) is 0 Å². The molecule has 0 radical (unpaired) electrons. The molecular weight excluding hydrogens is 492 g/mol. The van der Waals surface area contributed by atoms with E-state index in [2.05, 4.69) is 23.9 Å². The second-order valence-electron chi connectivity index (χ2n) is 10.6. The first-order chi connectivity index (χ1) is 17.7. The second-order valence-corrected chi connectivity index (χ2v) is 11.0. The normalized spacial score (nSPS) is 19.1. The predicted molar refractivity (Wildman–Crippen MR) is 140 cm³/mol. The van der Waals surface area contributed by atoms with Gasteiger partial charge in [-0.25, -0.2) is 9.67 Å². The average Bonchev–Trinajstić information content (AvgIpc) is 3.36. The molecular formula is C28H31ClN4O4. The fraction of sp³-hybridized carbons (Fsp3) is 0.429. The maximum atomic E-state index is 13.6. The van der Waals surface area contributed by atoms with Crippen molar-refractivity contribution in [2.24, 2.45) is 11.3 Å². The molecule has 2 aliphatic rings. The molecule has 1 saturated heterocycles. The van der Waals surface area contributed by atoms with E-state index in [1.165, 1.54) is 0 Å². The van der Waals surface area contributed by atoms with Crippen molar-refractivity contribution in [1.82, 2.24) is 19.7 Å². The van der Waals surface area contributed by atoms with Crippen molar-refractivity contribution in [1.29, 1.82) is 0 Å². The third-order valence-electron chi connectivity index (χ3n) is 7.02. The number of carbonyl (C=O) groups is 2. The number of rotatable bonds is 4. The second kappa shape index (κ2) is 10.2. The molecule has 9 heteroatoms. The number of hydrogen-bond donors (Lipinski definition) is 0. The first-order valence-electron chi connectivity index (χ1n) is 12.6. The Morgan fingerprint density at radius 3 is 2.73 bits per heavy atom. The number of fused-ring (bicyclic) bond motifs is 1. The molecule has 1 aromatic heterocycles. The summed E-state index contributed by atoms with van der Waals surface area (Å²) < 4.78 is 12.9. The van der Waals surface area contributed by atoms with Gasteiger partial charge in [0.05, 0.1) is 10.7 Å². The number of aromatic nitrogens is 3. The Hall–Kier alpha value is -3.39. The number of halogens is 1. The molecule has 1 unspecified atom stereocenters. The van der Waals surface area contributed by atoms with Crippen LogP contribution in [0.25, 0.3) is 5.69 Å². The van der Waals surface area contributed by atoms with Crippen molar-refractivity contribution in [2.45, 2.75) is 40.0 Å². The number of aryl methyl sites for hydroxylation is 1. The average molecular weight is 523 g/mol. The van der Waals surface area contributed by atoms with E-state index >= 15 is 0 Å². The Morgan fingerprint density at radius 1 is 1.11 bits per heavy atom. The molecule has 0 saturated carbocycles. The fourth-order valence-corrected chi connectivity index (χ4v) is 5.27. The summed E-state index contributed by atoms with van der Waals surface area (Å²) in [5, 5.41) is 4.83. The van der Waals surface area contributed by atoms with E-state index in [1.54, 1.807) is 23.1 Å². The van der Waals surface area contributed by atoms with Gasteiger partial charge in [0.2, 0.25) is 11.6 Å². The molecule has 1 atom stereocenters. The lowest BCUT2D eigenvalue weighted by atomic mass is 9.80. The molecule has 0 aliphatic carbocycles. The van der Waals surface area contributed by atoms with E-state index in [0.29, 0.717) is 54.8 Å². The van der Waals surface area contributed by atoms with Gasteiger partial charge in [-0.3, -0.25) is 9.59 Å². The van der Waals surface area contributed by atoms with E-state index in [9.17, 15) is 9.59 Å². The van der Waals surface area contributed by atoms with Crippen LogP contribution in [0.15, 0.2) is 42.7 Å². The van der Waals surface area contributed by atoms with Crippen LogP contribution >= 0.6 is 11.6 Å². The number of hydrogen-bond acceptors (Lipinski definition) is 6. The first-order valence-corrected chi connectivity index (χ1v) is 13.0. The zero-order chi connectivity index (χ0) is 26.2. The SMILES string of the molecule is Cc1cccc(-n2cnc(C(=O)C3CCN(C(=O)c4cc(Cl)c5c(c4)OCCO5)CC(C)(C)CC3)n2)c1. The molecule has 1 amide bonds. The Morgan fingerprint density at radius 2 is 1.92 bits per heavy atom. The highest BCUT2D eigenvalue weighted by Crippen LogP contribution is 2.39. The highest BCUT2D eigenvalue weighted by Gasteiger charge is 2.34. The number of Topliss-reactive ketones (excluding diaryl/α,β-unsaturated/α-hetero) is 1. The Kier molecular flexibility index (Phi) is 6.94. The van der Waals surface area contributed by atoms with Crippen LogP contribution in [-0.4, -0.2) is 57.7 Å².